The molecule has 1 aliphatic heterocycles. The van der Waals surface area contributed by atoms with E-state index >= 15 is 0 Å². The lowest BCUT2D eigenvalue weighted by Gasteiger charge is -2.34. The van der Waals surface area contributed by atoms with Gasteiger partial charge in [-0.2, -0.15) is 0 Å². The van der Waals surface area contributed by atoms with Crippen LogP contribution in [-0.2, 0) is 4.74 Å². The van der Waals surface area contributed by atoms with Gasteiger partial charge in [-0.05, 0) is 46.0 Å². The molecule has 0 radical (unpaired) electrons. The molecule has 1 fully saturated rings. The minimum atomic E-state index is -0.463. The van der Waals surface area contributed by atoms with Crippen molar-refractivity contribution in [2.45, 2.75) is 71.4 Å². The van der Waals surface area contributed by atoms with E-state index < -0.39 is 5.60 Å². The van der Waals surface area contributed by atoms with Crippen molar-refractivity contribution in [1.29, 1.82) is 0 Å². The number of hydrogen-bond donors (Lipinski definition) is 1. The Hall–Kier alpha value is -1.85. The summed E-state index contributed by atoms with van der Waals surface area (Å²) in [7, 11) is 0. The van der Waals surface area contributed by atoms with Crippen LogP contribution in [0.3, 0.4) is 0 Å². The van der Waals surface area contributed by atoms with Crippen LogP contribution < -0.4 is 5.32 Å². The third-order valence-electron chi connectivity index (χ3n) is 4.23. The molecule has 1 aliphatic rings. The van der Waals surface area contributed by atoms with Crippen LogP contribution in [0, 0.1) is 0 Å². The van der Waals surface area contributed by atoms with Crippen LogP contribution in [0.2, 0.25) is 0 Å². The first-order valence-corrected chi connectivity index (χ1v) is 8.85. The molecule has 6 heteroatoms. The smallest absolute Gasteiger partial charge is 0.410 e. The van der Waals surface area contributed by atoms with Gasteiger partial charge in [-0.25, -0.2) is 14.8 Å². The number of rotatable bonds is 4. The maximum atomic E-state index is 12.2. The fourth-order valence-electron chi connectivity index (χ4n) is 2.73. The zero-order valence-corrected chi connectivity index (χ0v) is 15.5. The number of aromatic nitrogens is 2. The van der Waals surface area contributed by atoms with Gasteiger partial charge in [0.25, 0.3) is 0 Å². The normalized spacial score (nSPS) is 19.7. The molecular formula is C18H30N4O2. The molecule has 24 heavy (non-hydrogen) atoms. The Kier molecular flexibility index (Phi) is 6.02. The average molecular weight is 334 g/mol. The Labute approximate surface area is 145 Å². The monoisotopic (exact) mass is 334 g/mol. The molecule has 2 rings (SSSR count). The molecule has 0 bridgehead atoms. The van der Waals surface area contributed by atoms with Crippen molar-refractivity contribution in [2.75, 3.05) is 18.4 Å². The van der Waals surface area contributed by atoms with Crippen LogP contribution in [0.4, 0.5) is 10.6 Å². The van der Waals surface area contributed by atoms with Gasteiger partial charge in [0.05, 0.1) is 0 Å². The Morgan fingerprint density at radius 3 is 2.88 bits per heavy atom. The Morgan fingerprint density at radius 2 is 2.21 bits per heavy atom. The molecule has 1 N–H and O–H groups in total. The summed E-state index contributed by atoms with van der Waals surface area (Å²) < 4.78 is 5.47. The van der Waals surface area contributed by atoms with Crippen LogP contribution >= 0.6 is 0 Å². The van der Waals surface area contributed by atoms with E-state index in [9.17, 15) is 4.79 Å². The zero-order chi connectivity index (χ0) is 17.7. The van der Waals surface area contributed by atoms with Crippen LogP contribution in [0.25, 0.3) is 0 Å². The minimum absolute atomic E-state index is 0.186. The van der Waals surface area contributed by atoms with Gasteiger partial charge in [-0.3, -0.25) is 0 Å². The number of ether oxygens (including phenoxy) is 1. The second-order valence-electron chi connectivity index (χ2n) is 7.55. The van der Waals surface area contributed by atoms with Gasteiger partial charge < -0.3 is 15.0 Å². The van der Waals surface area contributed by atoms with E-state index in [1.54, 1.807) is 11.2 Å². The third kappa shape index (κ3) is 5.35. The number of anilines is 1. The highest BCUT2D eigenvalue weighted by Crippen LogP contribution is 2.21. The number of carbonyl (C=O) groups is 1. The van der Waals surface area contributed by atoms with Crippen molar-refractivity contribution in [3.8, 4) is 0 Å². The molecule has 1 aromatic heterocycles. The maximum Gasteiger partial charge on any atom is 0.410 e. The topological polar surface area (TPSA) is 67.4 Å². The molecule has 134 valence electrons. The number of nitrogens with one attached hydrogen (secondary N) is 1. The predicted molar refractivity (Wildman–Crippen MR) is 95.2 cm³/mol. The number of likely N-dealkylation sites (tertiary alicyclic amines) is 1. The summed E-state index contributed by atoms with van der Waals surface area (Å²) in [6.45, 7) is 11.4. The lowest BCUT2D eigenvalue weighted by atomic mass is 10.0. The molecule has 0 aliphatic carbocycles. The minimum Gasteiger partial charge on any atom is -0.444 e. The molecular weight excluding hydrogens is 304 g/mol. The van der Waals surface area contributed by atoms with Crippen molar-refractivity contribution in [3.63, 3.8) is 0 Å². The average Bonchev–Trinajstić information content (AvgIpc) is 2.53. The number of piperidine rings is 1. The first-order chi connectivity index (χ1) is 11.3. The SMILES string of the molecule is CCC(C)c1cc(NC2CCCN(C(=O)OC(C)(C)C)C2)ncn1. The van der Waals surface area contributed by atoms with Crippen molar-refractivity contribution >= 4 is 11.9 Å². The second-order valence-corrected chi connectivity index (χ2v) is 7.55. The second kappa shape index (κ2) is 7.81. The molecule has 2 unspecified atom stereocenters. The fourth-order valence-corrected chi connectivity index (χ4v) is 2.73. The first-order valence-electron chi connectivity index (χ1n) is 8.85. The van der Waals surface area contributed by atoms with Crippen molar-refractivity contribution < 1.29 is 9.53 Å². The Morgan fingerprint density at radius 1 is 1.46 bits per heavy atom. The van der Waals surface area contributed by atoms with E-state index in [4.69, 9.17) is 4.74 Å². The van der Waals surface area contributed by atoms with Gasteiger partial charge in [0, 0.05) is 30.9 Å². The van der Waals surface area contributed by atoms with Gasteiger partial charge in [0.15, 0.2) is 0 Å². The highest BCUT2D eigenvalue weighted by atomic mass is 16.6. The van der Waals surface area contributed by atoms with E-state index in [0.717, 1.165) is 37.3 Å². The number of amides is 1. The summed E-state index contributed by atoms with van der Waals surface area (Å²) in [5.74, 6) is 1.24. The van der Waals surface area contributed by atoms with Crippen molar-refractivity contribution in [3.05, 3.63) is 18.1 Å². The predicted octanol–water partition coefficient (Wildman–Crippen LogP) is 3.80. The molecule has 0 spiro atoms. The van der Waals surface area contributed by atoms with E-state index in [-0.39, 0.29) is 12.1 Å². The largest absolute Gasteiger partial charge is 0.444 e. The van der Waals surface area contributed by atoms with Crippen molar-refractivity contribution in [1.82, 2.24) is 14.9 Å². The van der Waals surface area contributed by atoms with Gasteiger partial charge in [-0.1, -0.05) is 13.8 Å². The van der Waals surface area contributed by atoms with Crippen LogP contribution in [0.5, 0.6) is 0 Å². The highest BCUT2D eigenvalue weighted by Gasteiger charge is 2.27. The molecule has 0 aromatic carbocycles. The van der Waals surface area contributed by atoms with Gasteiger partial charge in [-0.15, -0.1) is 0 Å². The zero-order valence-electron chi connectivity index (χ0n) is 15.5. The molecule has 1 saturated heterocycles. The lowest BCUT2D eigenvalue weighted by molar-refractivity contribution is 0.0206. The molecule has 2 atom stereocenters. The fraction of sp³-hybridized carbons (Fsp3) is 0.722. The van der Waals surface area contributed by atoms with E-state index in [0.29, 0.717) is 12.5 Å². The highest BCUT2D eigenvalue weighted by molar-refractivity contribution is 5.68. The summed E-state index contributed by atoms with van der Waals surface area (Å²) in [5, 5.41) is 3.45. The number of nitrogens with zero attached hydrogens (tertiary/aromatic N) is 3. The maximum absolute atomic E-state index is 12.2. The molecule has 2 heterocycles. The van der Waals surface area contributed by atoms with Crippen molar-refractivity contribution in [2.24, 2.45) is 0 Å². The van der Waals surface area contributed by atoms with E-state index in [1.807, 2.05) is 26.8 Å². The van der Waals surface area contributed by atoms with Gasteiger partial charge >= 0.3 is 6.09 Å². The summed E-state index contributed by atoms with van der Waals surface area (Å²) >= 11 is 0. The number of hydrogen-bond acceptors (Lipinski definition) is 5. The van der Waals surface area contributed by atoms with E-state index in [2.05, 4.69) is 29.1 Å². The summed E-state index contributed by atoms with van der Waals surface area (Å²) in [6.07, 6.45) is 4.39. The van der Waals surface area contributed by atoms with Gasteiger partial charge in [0.2, 0.25) is 0 Å². The quantitative estimate of drug-likeness (QED) is 0.907. The van der Waals surface area contributed by atoms with Crippen LogP contribution in [-0.4, -0.2) is 45.7 Å². The van der Waals surface area contributed by atoms with Gasteiger partial charge in [0.1, 0.15) is 17.7 Å². The molecule has 1 amide bonds. The third-order valence-corrected chi connectivity index (χ3v) is 4.23. The standard InChI is InChI=1S/C18H30N4O2/c1-6-13(2)15-10-16(20-12-19-15)21-14-8-7-9-22(11-14)17(23)24-18(3,4)5/h10,12-14H,6-9,11H2,1-5H3,(H,19,20,21). The Bertz CT molecular complexity index is 556. The lowest BCUT2D eigenvalue weighted by Crippen LogP contribution is -2.47. The molecule has 0 saturated carbocycles. The molecule has 1 aromatic rings. The Balaban J connectivity index is 1.97. The van der Waals surface area contributed by atoms with E-state index in [1.165, 1.54) is 0 Å². The first kappa shape index (κ1) is 18.5. The summed E-state index contributed by atoms with van der Waals surface area (Å²) in [4.78, 5) is 22.7. The summed E-state index contributed by atoms with van der Waals surface area (Å²) in [5.41, 5.74) is 0.588. The molecule has 6 nitrogen and oxygen atoms in total. The number of carbonyl (C=O) groups excluding carboxylic acids is 1. The van der Waals surface area contributed by atoms with Crippen LogP contribution in [0.1, 0.15) is 65.5 Å². The van der Waals surface area contributed by atoms with Crippen LogP contribution in [0.15, 0.2) is 12.4 Å². The summed E-state index contributed by atoms with van der Waals surface area (Å²) in [6, 6.07) is 2.20.